The number of rotatable bonds is 16. The number of benzene rings is 2. The Hall–Kier alpha value is -8.08. The minimum Gasteiger partial charge on any atom is -0.443 e. The molecule has 18 heteroatoms. The first kappa shape index (κ1) is 53.7. The van der Waals surface area contributed by atoms with Gasteiger partial charge >= 0.3 is 12.2 Å². The predicted molar refractivity (Wildman–Crippen MR) is 292 cm³/mol. The summed E-state index contributed by atoms with van der Waals surface area (Å²) in [5.74, 6) is 0.899. The Labute approximate surface area is 441 Å². The smallest absolute Gasteiger partial charge is 0.420 e. The molecule has 0 spiro atoms. The first-order chi connectivity index (χ1) is 35.5. The van der Waals surface area contributed by atoms with Gasteiger partial charge < -0.3 is 20.1 Å². The SMILES string of the molecule is CC(C)(C)OC(=O)N(CCCc1ccncc1)c1cncc(-c2cncc(N(C(=O)OC(C)(C)C)c3ccc(Cl)cc3)n2)c1.Clc1ccc(Nc2cncc(-c3cncc(NCCCc4ccncc4)c3)n2)cc1. The van der Waals surface area contributed by atoms with Crippen molar-refractivity contribution >= 4 is 69.8 Å². The fourth-order valence-corrected chi connectivity index (χ4v) is 7.43. The van der Waals surface area contributed by atoms with Crippen LogP contribution >= 0.6 is 23.2 Å². The number of carbonyl (C=O) groups excluding carboxylic acids is 2. The lowest BCUT2D eigenvalue weighted by molar-refractivity contribution is 0.0574. The van der Waals surface area contributed by atoms with Crippen LogP contribution in [0.1, 0.15) is 65.5 Å². The molecule has 0 aliphatic heterocycles. The Morgan fingerprint density at radius 2 is 1.08 bits per heavy atom. The predicted octanol–water partition coefficient (Wildman–Crippen LogP) is 13.4. The van der Waals surface area contributed by atoms with Crippen molar-refractivity contribution in [1.29, 1.82) is 0 Å². The maximum absolute atomic E-state index is 13.4. The minimum atomic E-state index is -0.742. The molecule has 0 radical (unpaired) electrons. The maximum atomic E-state index is 13.4. The van der Waals surface area contributed by atoms with E-state index in [9.17, 15) is 9.59 Å². The molecule has 0 saturated heterocycles. The molecule has 0 unspecified atom stereocenters. The lowest BCUT2D eigenvalue weighted by Crippen LogP contribution is -2.37. The molecule has 74 heavy (non-hydrogen) atoms. The van der Waals surface area contributed by atoms with E-state index in [1.165, 1.54) is 16.7 Å². The lowest BCUT2D eigenvalue weighted by atomic mass is 10.1. The molecule has 2 N–H and O–H groups in total. The van der Waals surface area contributed by atoms with E-state index in [0.717, 1.165) is 54.0 Å². The van der Waals surface area contributed by atoms with Crippen molar-refractivity contribution in [3.63, 3.8) is 0 Å². The number of anilines is 6. The number of ether oxygens (including phenoxy) is 2. The minimum absolute atomic E-state index is 0.242. The van der Waals surface area contributed by atoms with E-state index < -0.39 is 23.4 Å². The second-order valence-corrected chi connectivity index (χ2v) is 19.7. The molecule has 0 fully saturated rings. The summed E-state index contributed by atoms with van der Waals surface area (Å²) in [7, 11) is 0. The summed E-state index contributed by atoms with van der Waals surface area (Å²) >= 11 is 12.0. The van der Waals surface area contributed by atoms with Gasteiger partial charge in [-0.25, -0.2) is 24.5 Å². The summed E-state index contributed by atoms with van der Waals surface area (Å²) in [6.45, 7) is 12.1. The van der Waals surface area contributed by atoms with Crippen molar-refractivity contribution in [2.75, 3.05) is 33.5 Å². The van der Waals surface area contributed by atoms with Crippen molar-refractivity contribution in [3.05, 3.63) is 180 Å². The zero-order valence-electron chi connectivity index (χ0n) is 42.1. The van der Waals surface area contributed by atoms with Gasteiger partial charge in [-0.1, -0.05) is 23.2 Å². The Morgan fingerprint density at radius 1 is 0.541 bits per heavy atom. The zero-order valence-corrected chi connectivity index (χ0v) is 43.6. The molecular formula is C56H58Cl2N12O4. The molecule has 380 valence electrons. The van der Waals surface area contributed by atoms with Crippen LogP contribution in [0.25, 0.3) is 22.5 Å². The van der Waals surface area contributed by atoms with E-state index in [4.69, 9.17) is 37.7 Å². The number of nitrogens with one attached hydrogen (secondary N) is 2. The molecule has 0 bridgehead atoms. The first-order valence-electron chi connectivity index (χ1n) is 23.9. The number of aromatic nitrogens is 8. The number of hydrogen-bond donors (Lipinski definition) is 2. The van der Waals surface area contributed by atoms with Crippen LogP contribution in [0, 0.1) is 0 Å². The molecule has 0 saturated carbocycles. The van der Waals surface area contributed by atoms with Gasteiger partial charge in [0.05, 0.1) is 59.4 Å². The van der Waals surface area contributed by atoms with E-state index >= 15 is 0 Å². The number of halogens is 2. The van der Waals surface area contributed by atoms with E-state index in [1.807, 2.05) is 94.0 Å². The van der Waals surface area contributed by atoms with Crippen LogP contribution in [0.5, 0.6) is 0 Å². The Kier molecular flexibility index (Phi) is 18.5. The highest BCUT2D eigenvalue weighted by Crippen LogP contribution is 2.31. The molecular weight excluding hydrogens is 976 g/mol. The van der Waals surface area contributed by atoms with Crippen molar-refractivity contribution in [2.45, 2.75) is 78.4 Å². The number of aryl methyl sites for hydroxylation is 2. The number of carbonyl (C=O) groups is 2. The van der Waals surface area contributed by atoms with Gasteiger partial charge in [-0.2, -0.15) is 0 Å². The quantitative estimate of drug-likeness (QED) is 0.0870. The molecule has 8 rings (SSSR count). The molecule has 6 aromatic heterocycles. The number of amides is 2. The molecule has 0 aliphatic rings. The highest BCUT2D eigenvalue weighted by molar-refractivity contribution is 6.31. The summed E-state index contributed by atoms with van der Waals surface area (Å²) in [5, 5.41) is 7.89. The van der Waals surface area contributed by atoms with Gasteiger partial charge in [0.1, 0.15) is 17.0 Å². The van der Waals surface area contributed by atoms with Crippen LogP contribution in [0.15, 0.2) is 159 Å². The van der Waals surface area contributed by atoms with Crippen molar-refractivity contribution in [1.82, 2.24) is 39.9 Å². The van der Waals surface area contributed by atoms with Gasteiger partial charge in [0.2, 0.25) is 0 Å². The molecule has 0 atom stereocenters. The fourth-order valence-electron chi connectivity index (χ4n) is 7.18. The van der Waals surface area contributed by atoms with Crippen LogP contribution in [0.4, 0.5) is 44.0 Å². The Balaban J connectivity index is 0.000000232. The highest BCUT2D eigenvalue weighted by atomic mass is 35.5. The fraction of sp³-hybridized carbons (Fsp3) is 0.250. The van der Waals surface area contributed by atoms with Crippen LogP contribution < -0.4 is 20.4 Å². The lowest BCUT2D eigenvalue weighted by Gasteiger charge is -2.28. The molecule has 8 aromatic rings. The van der Waals surface area contributed by atoms with Gasteiger partial charge in [0, 0.05) is 83.3 Å². The van der Waals surface area contributed by atoms with Gasteiger partial charge in [-0.15, -0.1) is 0 Å². The summed E-state index contributed by atoms with van der Waals surface area (Å²) in [4.78, 5) is 64.6. The Morgan fingerprint density at radius 3 is 1.72 bits per heavy atom. The third-order valence-corrected chi connectivity index (χ3v) is 11.1. The van der Waals surface area contributed by atoms with E-state index in [1.54, 1.807) is 106 Å². The van der Waals surface area contributed by atoms with Gasteiger partial charge in [-0.05, 0) is 163 Å². The monoisotopic (exact) mass is 1030 g/mol. The first-order valence-corrected chi connectivity index (χ1v) is 24.7. The number of nitrogens with zero attached hydrogens (tertiary/aromatic N) is 10. The number of hydrogen-bond acceptors (Lipinski definition) is 14. The third kappa shape index (κ3) is 16.7. The van der Waals surface area contributed by atoms with Crippen molar-refractivity contribution in [3.8, 4) is 22.5 Å². The normalized spacial score (nSPS) is 11.1. The van der Waals surface area contributed by atoms with E-state index in [0.29, 0.717) is 51.5 Å². The highest BCUT2D eigenvalue weighted by Gasteiger charge is 2.28. The maximum Gasteiger partial charge on any atom is 0.420 e. The second-order valence-electron chi connectivity index (χ2n) is 18.8. The molecule has 6 heterocycles. The van der Waals surface area contributed by atoms with Crippen LogP contribution in [-0.2, 0) is 22.3 Å². The number of pyridine rings is 4. The van der Waals surface area contributed by atoms with Crippen LogP contribution in [0.2, 0.25) is 10.0 Å². The van der Waals surface area contributed by atoms with Crippen LogP contribution in [-0.4, -0.2) is 76.3 Å². The zero-order chi connectivity index (χ0) is 52.5. The van der Waals surface area contributed by atoms with Crippen molar-refractivity contribution < 1.29 is 19.1 Å². The van der Waals surface area contributed by atoms with E-state index in [2.05, 4.69) is 45.5 Å². The molecule has 2 amide bonds. The average Bonchev–Trinajstić information content (AvgIpc) is 3.38. The molecule has 0 aliphatic carbocycles. The standard InChI is InChI=1S/C33H37ClN6O4.C23H21ClN6/c1-32(2,3)43-30(41)39(17-7-8-23-13-15-35-16-14-23)27-18-24(19-36-20-27)28-21-37-22-29(38-28)40(31(42)44-33(4,5)6)26-11-9-25(34)10-12-26;24-19-3-5-20(6-4-19)29-23-16-27-15-22(30-23)18-12-21(14-26-13-18)28-9-1-2-17-7-10-25-11-8-17/h9-16,18-22H,7-8,17H2,1-6H3;3-8,10-16,28H,1-2,9H2,(H,29,30). The van der Waals surface area contributed by atoms with Gasteiger partial charge in [-0.3, -0.25) is 34.8 Å². The topological polar surface area (TPSA) is 186 Å². The second kappa shape index (κ2) is 25.5. The Bertz CT molecular complexity index is 3070. The molecule has 16 nitrogen and oxygen atoms in total. The van der Waals surface area contributed by atoms with Crippen LogP contribution in [0.3, 0.4) is 0 Å². The average molecular weight is 1030 g/mol. The van der Waals surface area contributed by atoms with Gasteiger partial charge in [0.25, 0.3) is 0 Å². The largest absolute Gasteiger partial charge is 0.443 e. The summed E-state index contributed by atoms with van der Waals surface area (Å²) in [6, 6.07) is 26.1. The summed E-state index contributed by atoms with van der Waals surface area (Å²) < 4.78 is 11.4. The van der Waals surface area contributed by atoms with E-state index in [-0.39, 0.29) is 5.82 Å². The summed E-state index contributed by atoms with van der Waals surface area (Å²) in [5.41, 5.74) is 6.59. The summed E-state index contributed by atoms with van der Waals surface area (Å²) in [6.07, 6.45) is 22.8. The molecule has 2 aromatic carbocycles. The third-order valence-electron chi connectivity index (χ3n) is 10.6. The van der Waals surface area contributed by atoms with Crippen molar-refractivity contribution in [2.24, 2.45) is 0 Å². The van der Waals surface area contributed by atoms with Gasteiger partial charge in [0.15, 0.2) is 5.82 Å².